The average Bonchev–Trinajstić information content (AvgIpc) is 3.50. The van der Waals surface area contributed by atoms with E-state index in [0.717, 1.165) is 38.5 Å². The van der Waals surface area contributed by atoms with E-state index < -0.39 is 28.7 Å². The maximum Gasteiger partial charge on any atom is 0.311 e. The van der Waals surface area contributed by atoms with Crippen molar-refractivity contribution in [2.24, 2.45) is 23.7 Å². The van der Waals surface area contributed by atoms with Gasteiger partial charge in [-0.25, -0.2) is 0 Å². The van der Waals surface area contributed by atoms with Crippen molar-refractivity contribution in [2.75, 3.05) is 19.8 Å². The summed E-state index contributed by atoms with van der Waals surface area (Å²) in [6.07, 6.45) is 10.1. The summed E-state index contributed by atoms with van der Waals surface area (Å²) in [6, 6.07) is -1.09. The number of amides is 2. The third kappa shape index (κ3) is 4.56. The zero-order chi connectivity index (χ0) is 26.9. The van der Waals surface area contributed by atoms with E-state index in [-0.39, 0.29) is 54.1 Å². The van der Waals surface area contributed by atoms with E-state index in [0.29, 0.717) is 6.54 Å². The number of fused-ring (bicyclic) bond motifs is 1. The summed E-state index contributed by atoms with van der Waals surface area (Å²) >= 11 is 1.66. The molecule has 3 heterocycles. The van der Waals surface area contributed by atoms with Crippen molar-refractivity contribution < 1.29 is 24.2 Å². The molecule has 2 amide bonds. The molecule has 1 saturated carbocycles. The Morgan fingerprint density at radius 2 is 1.97 bits per heavy atom. The zero-order valence-corrected chi connectivity index (χ0v) is 23.5. The molecule has 8 atom stereocenters. The van der Waals surface area contributed by atoms with Gasteiger partial charge in [0.2, 0.25) is 11.8 Å². The second-order valence-corrected chi connectivity index (χ2v) is 13.0. The molecule has 1 N–H and O–H groups in total. The van der Waals surface area contributed by atoms with Gasteiger partial charge in [0, 0.05) is 17.8 Å². The summed E-state index contributed by atoms with van der Waals surface area (Å²) in [4.78, 5) is 46.0. The van der Waals surface area contributed by atoms with E-state index in [2.05, 4.69) is 20.1 Å². The minimum atomic E-state index is -0.722. The van der Waals surface area contributed by atoms with E-state index >= 15 is 0 Å². The number of carbonyl (C=O) groups is 3. The molecular formula is C29H44N2O5S. The van der Waals surface area contributed by atoms with E-state index in [4.69, 9.17) is 4.74 Å². The molecule has 0 aromatic carbocycles. The fourth-order valence-corrected chi connectivity index (χ4v) is 9.91. The first kappa shape index (κ1) is 28.2. The number of nitrogens with zero attached hydrogens (tertiary/aromatic N) is 2. The minimum Gasteiger partial charge on any atom is -0.461 e. The van der Waals surface area contributed by atoms with Crippen LogP contribution in [0.1, 0.15) is 65.7 Å². The molecule has 3 aliphatic heterocycles. The van der Waals surface area contributed by atoms with Gasteiger partial charge >= 0.3 is 5.97 Å². The van der Waals surface area contributed by atoms with Crippen molar-refractivity contribution in [3.63, 3.8) is 0 Å². The lowest BCUT2D eigenvalue weighted by Gasteiger charge is -2.45. The lowest BCUT2D eigenvalue weighted by molar-refractivity contribution is -0.154. The molecule has 1 spiro atoms. The summed E-state index contributed by atoms with van der Waals surface area (Å²) in [6.45, 7) is 14.1. The number of likely N-dealkylation sites (tertiary alicyclic amines) is 1. The van der Waals surface area contributed by atoms with Crippen LogP contribution < -0.4 is 0 Å². The average molecular weight is 533 g/mol. The maximum atomic E-state index is 14.7. The zero-order valence-electron chi connectivity index (χ0n) is 22.6. The molecule has 2 bridgehead atoms. The summed E-state index contributed by atoms with van der Waals surface area (Å²) in [5.41, 5.74) is 0. The second-order valence-electron chi connectivity index (χ2n) is 11.4. The quantitative estimate of drug-likeness (QED) is 0.322. The summed E-state index contributed by atoms with van der Waals surface area (Å²) in [5, 5.41) is 10.5. The lowest BCUT2D eigenvalue weighted by Crippen LogP contribution is -2.61. The van der Waals surface area contributed by atoms with Gasteiger partial charge in [0.25, 0.3) is 0 Å². The van der Waals surface area contributed by atoms with Crippen LogP contribution in [-0.2, 0) is 19.1 Å². The highest BCUT2D eigenvalue weighted by atomic mass is 32.2. The Hall–Kier alpha value is -1.80. The highest BCUT2D eigenvalue weighted by molar-refractivity contribution is 8.02. The molecule has 7 nitrogen and oxygen atoms in total. The van der Waals surface area contributed by atoms with Crippen molar-refractivity contribution in [2.45, 2.75) is 93.8 Å². The first-order valence-corrected chi connectivity index (χ1v) is 15.0. The first-order chi connectivity index (χ1) is 17.8. The van der Waals surface area contributed by atoms with Gasteiger partial charge in [-0.15, -0.1) is 18.3 Å². The van der Waals surface area contributed by atoms with Crippen LogP contribution in [0.25, 0.3) is 0 Å². The predicted octanol–water partition coefficient (Wildman–Crippen LogP) is 3.81. The van der Waals surface area contributed by atoms with Crippen molar-refractivity contribution >= 4 is 29.5 Å². The van der Waals surface area contributed by atoms with Crippen LogP contribution in [0.2, 0.25) is 0 Å². The van der Waals surface area contributed by atoms with Gasteiger partial charge in [-0.2, -0.15) is 0 Å². The summed E-state index contributed by atoms with van der Waals surface area (Å²) in [7, 11) is 0. The van der Waals surface area contributed by atoms with Crippen molar-refractivity contribution in [1.82, 2.24) is 9.80 Å². The largest absolute Gasteiger partial charge is 0.461 e. The van der Waals surface area contributed by atoms with Crippen molar-refractivity contribution in [3.05, 3.63) is 25.3 Å². The monoisotopic (exact) mass is 532 g/mol. The SMILES string of the molecule is C=CCOC(=O)[C@@H]1[C@@H]2CC(C)C3(S2)C(C(=O)N(CC=C)C2CCCCC2)N([C@@H](CO)[C@@H](C)CC)C(=O)[C@H]13. The fourth-order valence-electron chi connectivity index (χ4n) is 7.52. The van der Waals surface area contributed by atoms with Gasteiger partial charge < -0.3 is 19.6 Å². The molecular weight excluding hydrogens is 488 g/mol. The highest BCUT2D eigenvalue weighted by Gasteiger charge is 2.77. The van der Waals surface area contributed by atoms with Gasteiger partial charge in [0.05, 0.1) is 29.2 Å². The number of hydrogen-bond acceptors (Lipinski definition) is 6. The van der Waals surface area contributed by atoms with E-state index in [9.17, 15) is 19.5 Å². The third-order valence-corrected chi connectivity index (χ3v) is 11.6. The van der Waals surface area contributed by atoms with Crippen LogP contribution in [0.4, 0.5) is 0 Å². The Morgan fingerprint density at radius 1 is 1.27 bits per heavy atom. The molecule has 206 valence electrons. The molecule has 0 radical (unpaired) electrons. The van der Waals surface area contributed by atoms with Gasteiger partial charge in [-0.3, -0.25) is 14.4 Å². The maximum absolute atomic E-state index is 14.7. The van der Waals surface area contributed by atoms with Gasteiger partial charge in [0.15, 0.2) is 0 Å². The predicted molar refractivity (Wildman–Crippen MR) is 146 cm³/mol. The topological polar surface area (TPSA) is 87.2 Å². The van der Waals surface area contributed by atoms with E-state index in [1.54, 1.807) is 22.7 Å². The Labute approximate surface area is 226 Å². The summed E-state index contributed by atoms with van der Waals surface area (Å²) < 4.78 is 4.77. The standard InChI is InChI=1S/C29H44N2O5S/c1-6-14-30(20-12-10-9-11-13-20)27(34)25-29-19(5)16-22(37-29)23(28(35)36-15-7-2)24(29)26(33)31(25)21(17-32)18(4)8-3/h6-7,18-25,32H,1-2,8-17H2,3-5H3/t18-,19?,21-,22-,23+,24-,25?,29?/m0/s1. The van der Waals surface area contributed by atoms with Gasteiger partial charge in [-0.05, 0) is 31.1 Å². The number of thioether (sulfide) groups is 1. The number of carbonyl (C=O) groups excluding carboxylic acids is 3. The van der Waals surface area contributed by atoms with Crippen LogP contribution in [0.3, 0.4) is 0 Å². The number of esters is 1. The number of aliphatic hydroxyl groups is 1. The number of ether oxygens (including phenoxy) is 1. The molecule has 3 saturated heterocycles. The third-order valence-electron chi connectivity index (χ3n) is 9.50. The van der Waals surface area contributed by atoms with Crippen LogP contribution in [0.15, 0.2) is 25.3 Å². The van der Waals surface area contributed by atoms with Crippen molar-refractivity contribution in [1.29, 1.82) is 0 Å². The van der Waals surface area contributed by atoms with Crippen LogP contribution in [-0.4, -0.2) is 80.6 Å². The molecule has 4 aliphatic rings. The fraction of sp³-hybridized carbons (Fsp3) is 0.759. The van der Waals surface area contributed by atoms with Crippen LogP contribution in [0, 0.1) is 23.7 Å². The lowest BCUT2D eigenvalue weighted by atomic mass is 9.66. The molecule has 8 heteroatoms. The second kappa shape index (κ2) is 11.5. The Morgan fingerprint density at radius 3 is 2.57 bits per heavy atom. The van der Waals surface area contributed by atoms with Crippen molar-refractivity contribution in [3.8, 4) is 0 Å². The first-order valence-electron chi connectivity index (χ1n) is 14.1. The molecule has 0 aromatic heterocycles. The Balaban J connectivity index is 1.81. The van der Waals surface area contributed by atoms with Gasteiger partial charge in [-0.1, -0.05) is 65.2 Å². The molecule has 4 fully saturated rings. The smallest absolute Gasteiger partial charge is 0.311 e. The molecule has 3 unspecified atom stereocenters. The molecule has 0 aromatic rings. The number of rotatable bonds is 11. The molecule has 1 aliphatic carbocycles. The Bertz CT molecular complexity index is 905. The van der Waals surface area contributed by atoms with Gasteiger partial charge in [0.1, 0.15) is 12.6 Å². The van der Waals surface area contributed by atoms with Crippen LogP contribution >= 0.6 is 11.8 Å². The molecule has 37 heavy (non-hydrogen) atoms. The number of hydrogen-bond donors (Lipinski definition) is 1. The highest BCUT2D eigenvalue weighted by Crippen LogP contribution is 2.69. The van der Waals surface area contributed by atoms with Crippen LogP contribution in [0.5, 0.6) is 0 Å². The number of aliphatic hydroxyl groups excluding tert-OH is 1. The minimum absolute atomic E-state index is 0.00526. The normalized spacial score (nSPS) is 34.6. The molecule has 4 rings (SSSR count). The summed E-state index contributed by atoms with van der Waals surface area (Å²) in [5.74, 6) is -1.75. The van der Waals surface area contributed by atoms with E-state index in [1.165, 1.54) is 12.5 Å². The Kier molecular flexibility index (Phi) is 8.79. The van der Waals surface area contributed by atoms with E-state index in [1.807, 2.05) is 18.7 Å².